The molecule has 1 fully saturated rings. The van der Waals surface area contributed by atoms with E-state index < -0.39 is 11.6 Å². The molecule has 1 unspecified atom stereocenters. The average Bonchev–Trinajstić information content (AvgIpc) is 2.56. The van der Waals surface area contributed by atoms with E-state index in [4.69, 9.17) is 0 Å². The second kappa shape index (κ2) is 6.55. The summed E-state index contributed by atoms with van der Waals surface area (Å²) in [5.74, 6) is -2.30. The number of pyridine rings is 1. The minimum Gasteiger partial charge on any atom is -0.362 e. The molecule has 0 radical (unpaired) electrons. The highest BCUT2D eigenvalue weighted by Gasteiger charge is 2.26. The number of carbonyl (C=O) groups is 1. The van der Waals surface area contributed by atoms with E-state index in [1.165, 1.54) is 12.1 Å². The number of rotatable bonds is 2. The van der Waals surface area contributed by atoms with E-state index >= 15 is 0 Å². The fourth-order valence-corrected chi connectivity index (χ4v) is 3.16. The van der Waals surface area contributed by atoms with Gasteiger partial charge in [-0.3, -0.25) is 9.59 Å². The Morgan fingerprint density at radius 3 is 2.71 bits per heavy atom. The molecule has 4 nitrogen and oxygen atoms in total. The van der Waals surface area contributed by atoms with Crippen LogP contribution in [0.15, 0.2) is 35.1 Å². The Morgan fingerprint density at radius 1 is 1.21 bits per heavy atom. The molecule has 0 spiro atoms. The van der Waals surface area contributed by atoms with Gasteiger partial charge in [0.15, 0.2) is 17.1 Å². The molecule has 1 N–H and O–H groups in total. The van der Waals surface area contributed by atoms with E-state index in [9.17, 15) is 18.4 Å². The molecule has 2 aromatic rings. The van der Waals surface area contributed by atoms with Gasteiger partial charge in [0, 0.05) is 48.1 Å². The molecule has 24 heavy (non-hydrogen) atoms. The predicted octanol–water partition coefficient (Wildman–Crippen LogP) is 2.98. The van der Waals surface area contributed by atoms with Gasteiger partial charge < -0.3 is 9.88 Å². The number of aryl methyl sites for hydroxylation is 1. The number of nitrogens with one attached hydrogen (secondary N) is 1. The van der Waals surface area contributed by atoms with Crippen LogP contribution in [-0.2, 0) is 0 Å². The number of likely N-dealkylation sites (tertiary alicyclic amines) is 1. The maximum atomic E-state index is 13.4. The summed E-state index contributed by atoms with van der Waals surface area (Å²) in [7, 11) is 0. The van der Waals surface area contributed by atoms with Crippen LogP contribution in [-0.4, -0.2) is 28.9 Å². The molecule has 3 rings (SSSR count). The Kier molecular flexibility index (Phi) is 4.46. The van der Waals surface area contributed by atoms with E-state index in [0.29, 0.717) is 13.1 Å². The number of piperidine rings is 1. The van der Waals surface area contributed by atoms with E-state index in [0.717, 1.165) is 36.4 Å². The molecule has 0 bridgehead atoms. The van der Waals surface area contributed by atoms with Crippen molar-refractivity contribution in [3.8, 4) is 0 Å². The molecule has 1 aliphatic heterocycles. The first-order valence-corrected chi connectivity index (χ1v) is 7.89. The maximum absolute atomic E-state index is 13.4. The third kappa shape index (κ3) is 3.37. The zero-order chi connectivity index (χ0) is 17.3. The molecule has 6 heteroatoms. The zero-order valence-electron chi connectivity index (χ0n) is 13.3. The fraction of sp³-hybridized carbons (Fsp3) is 0.333. The first-order valence-electron chi connectivity index (χ1n) is 7.89. The number of hydrogen-bond donors (Lipinski definition) is 1. The fourth-order valence-electron chi connectivity index (χ4n) is 3.16. The van der Waals surface area contributed by atoms with Crippen molar-refractivity contribution in [1.29, 1.82) is 0 Å². The number of amides is 1. The van der Waals surface area contributed by atoms with E-state index in [1.54, 1.807) is 11.0 Å². The number of carbonyl (C=O) groups excluding carboxylic acids is 1. The van der Waals surface area contributed by atoms with Gasteiger partial charge in [-0.25, -0.2) is 8.78 Å². The van der Waals surface area contributed by atoms with E-state index in [2.05, 4.69) is 4.98 Å². The number of hydrogen-bond acceptors (Lipinski definition) is 2. The second-order valence-electron chi connectivity index (χ2n) is 6.17. The Morgan fingerprint density at radius 2 is 2.00 bits per heavy atom. The molecular weight excluding hydrogens is 314 g/mol. The number of halogens is 2. The molecular formula is C18H18F2N2O2. The van der Waals surface area contributed by atoms with Crippen molar-refractivity contribution in [3.63, 3.8) is 0 Å². The largest absolute Gasteiger partial charge is 0.362 e. The number of aromatic amines is 1. The molecule has 126 valence electrons. The van der Waals surface area contributed by atoms with Crippen LogP contribution < -0.4 is 5.43 Å². The highest BCUT2D eigenvalue weighted by Crippen LogP contribution is 2.26. The summed E-state index contributed by atoms with van der Waals surface area (Å²) in [5.41, 5.74) is 1.65. The van der Waals surface area contributed by atoms with Crippen molar-refractivity contribution in [1.82, 2.24) is 9.88 Å². The predicted molar refractivity (Wildman–Crippen MR) is 86.0 cm³/mol. The summed E-state index contributed by atoms with van der Waals surface area (Å²) in [4.78, 5) is 29.0. The normalized spacial score (nSPS) is 17.8. The Labute approximate surface area is 138 Å². The molecule has 0 aliphatic carbocycles. The Hall–Kier alpha value is -2.50. The standard InChI is InChI=1S/C18H18F2N2O2/c1-11-7-14(23)9-17(21-11)13-3-2-6-22(10-13)18(24)12-4-5-15(19)16(20)8-12/h4-5,7-9,13H,2-3,6,10H2,1H3,(H,21,23). The summed E-state index contributed by atoms with van der Waals surface area (Å²) in [5, 5.41) is 0. The first kappa shape index (κ1) is 16.4. The van der Waals surface area contributed by atoms with E-state index in [1.807, 2.05) is 6.92 Å². The molecule has 2 heterocycles. The van der Waals surface area contributed by atoms with Crippen molar-refractivity contribution < 1.29 is 13.6 Å². The quantitative estimate of drug-likeness (QED) is 0.919. The maximum Gasteiger partial charge on any atom is 0.253 e. The van der Waals surface area contributed by atoms with Crippen LogP contribution in [0.1, 0.15) is 40.5 Å². The van der Waals surface area contributed by atoms with Gasteiger partial charge in [-0.15, -0.1) is 0 Å². The summed E-state index contributed by atoms with van der Waals surface area (Å²) in [6, 6.07) is 6.26. The minimum atomic E-state index is -1.03. The van der Waals surface area contributed by atoms with Gasteiger partial charge >= 0.3 is 0 Å². The zero-order valence-corrected chi connectivity index (χ0v) is 13.3. The highest BCUT2D eigenvalue weighted by atomic mass is 19.2. The number of aromatic nitrogens is 1. The molecule has 1 amide bonds. The molecule has 1 aromatic carbocycles. The third-order valence-corrected chi connectivity index (χ3v) is 4.31. The minimum absolute atomic E-state index is 0.0283. The lowest BCUT2D eigenvalue weighted by Crippen LogP contribution is -2.39. The summed E-state index contributed by atoms with van der Waals surface area (Å²) in [6.45, 7) is 2.82. The number of benzene rings is 1. The number of H-pyrrole nitrogens is 1. The smallest absolute Gasteiger partial charge is 0.253 e. The van der Waals surface area contributed by atoms with Crippen LogP contribution in [0.4, 0.5) is 8.78 Å². The molecule has 1 atom stereocenters. The van der Waals surface area contributed by atoms with Crippen molar-refractivity contribution in [2.75, 3.05) is 13.1 Å². The molecule has 1 aliphatic rings. The van der Waals surface area contributed by atoms with Gasteiger partial charge in [-0.1, -0.05) is 0 Å². The van der Waals surface area contributed by atoms with Crippen molar-refractivity contribution in [3.05, 3.63) is 69.1 Å². The average molecular weight is 332 g/mol. The SMILES string of the molecule is Cc1cc(=O)cc(C2CCCN(C(=O)c3ccc(F)c(F)c3)C2)[nH]1. The van der Waals surface area contributed by atoms with Gasteiger partial charge in [0.25, 0.3) is 5.91 Å². The first-order chi connectivity index (χ1) is 11.4. The van der Waals surface area contributed by atoms with Crippen LogP contribution >= 0.6 is 0 Å². The molecule has 1 aromatic heterocycles. The van der Waals surface area contributed by atoms with Crippen LogP contribution in [0.3, 0.4) is 0 Å². The molecule has 1 saturated heterocycles. The van der Waals surface area contributed by atoms with Crippen LogP contribution in [0.5, 0.6) is 0 Å². The highest BCUT2D eigenvalue weighted by molar-refractivity contribution is 5.94. The van der Waals surface area contributed by atoms with Crippen molar-refractivity contribution in [2.45, 2.75) is 25.7 Å². The lowest BCUT2D eigenvalue weighted by atomic mass is 9.93. The second-order valence-corrected chi connectivity index (χ2v) is 6.17. The monoisotopic (exact) mass is 332 g/mol. The van der Waals surface area contributed by atoms with Crippen molar-refractivity contribution >= 4 is 5.91 Å². The van der Waals surface area contributed by atoms with Crippen molar-refractivity contribution in [2.24, 2.45) is 0 Å². The van der Waals surface area contributed by atoms with Crippen LogP contribution in [0.2, 0.25) is 0 Å². The lowest BCUT2D eigenvalue weighted by Gasteiger charge is -2.33. The topological polar surface area (TPSA) is 53.2 Å². The number of nitrogens with zero attached hydrogens (tertiary/aromatic N) is 1. The van der Waals surface area contributed by atoms with Gasteiger partial charge in [-0.05, 0) is 38.0 Å². The summed E-state index contributed by atoms with van der Waals surface area (Å²) in [6.07, 6.45) is 1.65. The summed E-state index contributed by atoms with van der Waals surface area (Å²) >= 11 is 0. The summed E-state index contributed by atoms with van der Waals surface area (Å²) < 4.78 is 26.4. The van der Waals surface area contributed by atoms with Crippen LogP contribution in [0.25, 0.3) is 0 Å². The third-order valence-electron chi connectivity index (χ3n) is 4.31. The van der Waals surface area contributed by atoms with Crippen LogP contribution in [0, 0.1) is 18.6 Å². The Balaban J connectivity index is 1.81. The molecule has 0 saturated carbocycles. The van der Waals surface area contributed by atoms with E-state index in [-0.39, 0.29) is 22.8 Å². The Bertz CT molecular complexity index is 832. The lowest BCUT2D eigenvalue weighted by molar-refractivity contribution is 0.0705. The van der Waals surface area contributed by atoms with Gasteiger partial charge in [0.2, 0.25) is 0 Å². The van der Waals surface area contributed by atoms with Gasteiger partial charge in [0.05, 0.1) is 0 Å². The van der Waals surface area contributed by atoms with Gasteiger partial charge in [0.1, 0.15) is 0 Å². The van der Waals surface area contributed by atoms with Gasteiger partial charge in [-0.2, -0.15) is 0 Å².